The van der Waals surface area contributed by atoms with Gasteiger partial charge in [-0.25, -0.2) is 0 Å². The van der Waals surface area contributed by atoms with E-state index in [2.05, 4.69) is 0 Å². The van der Waals surface area contributed by atoms with Gasteiger partial charge in [-0.3, -0.25) is 9.59 Å². The van der Waals surface area contributed by atoms with Crippen molar-refractivity contribution in [1.82, 2.24) is 0 Å². The molecule has 2 fully saturated rings. The van der Waals surface area contributed by atoms with E-state index < -0.39 is 0 Å². The summed E-state index contributed by atoms with van der Waals surface area (Å²) in [6.07, 6.45) is 4.55. The van der Waals surface area contributed by atoms with Gasteiger partial charge < -0.3 is 4.74 Å². The number of hydrogen-bond acceptors (Lipinski definition) is 3. The second-order valence-corrected chi connectivity index (χ2v) is 4.42. The molecule has 2 atom stereocenters. The number of esters is 1. The lowest BCUT2D eigenvalue weighted by molar-refractivity contribution is -0.150. The number of Topliss-reactive ketones (excluding diaryl/α,β-unsaturated/α-hetero) is 1. The van der Waals surface area contributed by atoms with Crippen LogP contribution in [0.25, 0.3) is 0 Å². The van der Waals surface area contributed by atoms with Crippen LogP contribution in [0.2, 0.25) is 0 Å². The molecule has 14 heavy (non-hydrogen) atoms. The number of rotatable bonds is 1. The Morgan fingerprint density at radius 2 is 1.86 bits per heavy atom. The third kappa shape index (κ3) is 1.56. The quantitative estimate of drug-likeness (QED) is 0.598. The molecule has 0 heterocycles. The molecule has 0 amide bonds. The highest BCUT2D eigenvalue weighted by molar-refractivity contribution is 5.87. The first-order chi connectivity index (χ1) is 6.72. The molecule has 0 aliphatic heterocycles. The van der Waals surface area contributed by atoms with Crippen LogP contribution in [0.1, 0.15) is 32.1 Å². The van der Waals surface area contributed by atoms with E-state index in [0.717, 1.165) is 32.1 Å². The molecule has 3 nitrogen and oxygen atoms in total. The topological polar surface area (TPSA) is 43.4 Å². The average Bonchev–Trinajstić information content (AvgIpc) is 2.16. The second kappa shape index (κ2) is 3.71. The van der Waals surface area contributed by atoms with E-state index in [-0.39, 0.29) is 23.7 Å². The SMILES string of the molecule is COC(=O)C1C[C@H]2CCC[C@H](C1)C2=O. The molecule has 0 saturated heterocycles. The number of carbonyl (C=O) groups excluding carboxylic acids is 2. The highest BCUT2D eigenvalue weighted by Gasteiger charge is 2.41. The predicted molar refractivity (Wildman–Crippen MR) is 50.6 cm³/mol. The summed E-state index contributed by atoms with van der Waals surface area (Å²) in [6, 6.07) is 0. The third-order valence-electron chi connectivity index (χ3n) is 3.58. The zero-order valence-electron chi connectivity index (χ0n) is 8.49. The molecule has 3 heteroatoms. The zero-order chi connectivity index (χ0) is 10.1. The average molecular weight is 196 g/mol. The number of ketones is 1. The second-order valence-electron chi connectivity index (χ2n) is 4.42. The molecular formula is C11H16O3. The summed E-state index contributed by atoms with van der Waals surface area (Å²) in [6.45, 7) is 0. The van der Waals surface area contributed by atoms with Crippen LogP contribution in [-0.2, 0) is 14.3 Å². The summed E-state index contributed by atoms with van der Waals surface area (Å²) in [5.41, 5.74) is 0. The molecule has 78 valence electrons. The predicted octanol–water partition coefficient (Wildman–Crippen LogP) is 1.55. The van der Waals surface area contributed by atoms with E-state index in [1.54, 1.807) is 0 Å². The fourth-order valence-corrected chi connectivity index (χ4v) is 2.84. The normalized spacial score (nSPS) is 36.6. The summed E-state index contributed by atoms with van der Waals surface area (Å²) in [7, 11) is 1.43. The minimum atomic E-state index is -0.130. The maximum Gasteiger partial charge on any atom is 0.308 e. The van der Waals surface area contributed by atoms with Gasteiger partial charge in [-0.2, -0.15) is 0 Å². The van der Waals surface area contributed by atoms with Crippen LogP contribution in [0, 0.1) is 17.8 Å². The van der Waals surface area contributed by atoms with Gasteiger partial charge in [0.2, 0.25) is 0 Å². The van der Waals surface area contributed by atoms with Crippen molar-refractivity contribution in [2.24, 2.45) is 17.8 Å². The van der Waals surface area contributed by atoms with Crippen LogP contribution in [-0.4, -0.2) is 18.9 Å². The number of methoxy groups -OCH3 is 1. The molecule has 2 bridgehead atoms. The van der Waals surface area contributed by atoms with Crippen molar-refractivity contribution in [3.05, 3.63) is 0 Å². The van der Waals surface area contributed by atoms with Crippen molar-refractivity contribution >= 4 is 11.8 Å². The summed E-state index contributed by atoms with van der Waals surface area (Å²) in [5, 5.41) is 0. The van der Waals surface area contributed by atoms with Gasteiger partial charge in [0.05, 0.1) is 13.0 Å². The lowest BCUT2D eigenvalue weighted by Gasteiger charge is -2.36. The lowest BCUT2D eigenvalue weighted by atomic mass is 9.67. The maximum atomic E-state index is 11.7. The van der Waals surface area contributed by atoms with Gasteiger partial charge in [0.1, 0.15) is 5.78 Å². The molecule has 0 unspecified atom stereocenters. The minimum Gasteiger partial charge on any atom is -0.469 e. The maximum absolute atomic E-state index is 11.7. The van der Waals surface area contributed by atoms with Crippen molar-refractivity contribution in [3.63, 3.8) is 0 Å². The highest BCUT2D eigenvalue weighted by Crippen LogP contribution is 2.40. The van der Waals surface area contributed by atoms with Crippen LogP contribution in [0.5, 0.6) is 0 Å². The fraction of sp³-hybridized carbons (Fsp3) is 0.818. The Morgan fingerprint density at radius 1 is 1.29 bits per heavy atom. The smallest absolute Gasteiger partial charge is 0.308 e. The van der Waals surface area contributed by atoms with Gasteiger partial charge in [0.15, 0.2) is 0 Å². The molecule has 0 aromatic rings. The Bertz CT molecular complexity index is 243. The number of carbonyl (C=O) groups is 2. The number of ether oxygens (including phenoxy) is 1. The van der Waals surface area contributed by atoms with E-state index in [1.165, 1.54) is 7.11 Å². The monoisotopic (exact) mass is 196 g/mol. The molecule has 0 N–H and O–H groups in total. The standard InChI is InChI=1S/C11H16O3/c1-14-11(13)9-5-7-3-2-4-8(6-9)10(7)12/h7-9H,2-6H2,1H3/t7-,8-/m1/s1. The van der Waals surface area contributed by atoms with Crippen molar-refractivity contribution in [2.45, 2.75) is 32.1 Å². The largest absolute Gasteiger partial charge is 0.469 e. The Morgan fingerprint density at radius 3 is 2.36 bits per heavy atom. The van der Waals surface area contributed by atoms with E-state index in [9.17, 15) is 9.59 Å². The molecule has 2 aliphatic carbocycles. The first-order valence-electron chi connectivity index (χ1n) is 5.34. The molecule has 0 aromatic carbocycles. The zero-order valence-corrected chi connectivity index (χ0v) is 8.49. The van der Waals surface area contributed by atoms with Crippen LogP contribution in [0.15, 0.2) is 0 Å². The van der Waals surface area contributed by atoms with Crippen LogP contribution < -0.4 is 0 Å². The minimum absolute atomic E-state index is 0.0204. The summed E-state index contributed by atoms with van der Waals surface area (Å²) in [5.74, 6) is 0.539. The van der Waals surface area contributed by atoms with Crippen LogP contribution >= 0.6 is 0 Å². The Labute approximate surface area is 83.8 Å². The lowest BCUT2D eigenvalue weighted by Crippen LogP contribution is -2.39. The Hall–Kier alpha value is -0.860. The molecule has 2 rings (SSSR count). The summed E-state index contributed by atoms with van der Waals surface area (Å²) in [4.78, 5) is 23.1. The molecule has 0 aromatic heterocycles. The molecule has 0 spiro atoms. The number of fused-ring (bicyclic) bond motifs is 2. The van der Waals surface area contributed by atoms with E-state index in [0.29, 0.717) is 5.78 Å². The summed E-state index contributed by atoms with van der Waals surface area (Å²) >= 11 is 0. The first-order valence-corrected chi connectivity index (χ1v) is 5.34. The van der Waals surface area contributed by atoms with E-state index in [4.69, 9.17) is 4.74 Å². The van der Waals surface area contributed by atoms with Crippen LogP contribution in [0.4, 0.5) is 0 Å². The Kier molecular flexibility index (Phi) is 2.57. The molecule has 0 radical (unpaired) electrons. The van der Waals surface area contributed by atoms with Crippen molar-refractivity contribution < 1.29 is 14.3 Å². The summed E-state index contributed by atoms with van der Waals surface area (Å²) < 4.78 is 4.74. The van der Waals surface area contributed by atoms with Gasteiger partial charge >= 0.3 is 5.97 Å². The highest BCUT2D eigenvalue weighted by atomic mass is 16.5. The molecule has 2 aliphatic rings. The Balaban J connectivity index is 2.07. The molecule has 2 saturated carbocycles. The molecular weight excluding hydrogens is 180 g/mol. The van der Waals surface area contributed by atoms with Crippen molar-refractivity contribution in [1.29, 1.82) is 0 Å². The third-order valence-corrected chi connectivity index (χ3v) is 3.58. The first kappa shape index (κ1) is 9.69. The van der Waals surface area contributed by atoms with E-state index in [1.807, 2.05) is 0 Å². The fourth-order valence-electron chi connectivity index (χ4n) is 2.84. The van der Waals surface area contributed by atoms with Crippen molar-refractivity contribution in [3.8, 4) is 0 Å². The van der Waals surface area contributed by atoms with Gasteiger partial charge in [-0.15, -0.1) is 0 Å². The van der Waals surface area contributed by atoms with Gasteiger partial charge in [-0.1, -0.05) is 6.42 Å². The van der Waals surface area contributed by atoms with Gasteiger partial charge in [0.25, 0.3) is 0 Å². The van der Waals surface area contributed by atoms with Gasteiger partial charge in [0, 0.05) is 11.8 Å². The van der Waals surface area contributed by atoms with E-state index >= 15 is 0 Å². The van der Waals surface area contributed by atoms with Gasteiger partial charge in [-0.05, 0) is 25.7 Å². The van der Waals surface area contributed by atoms with Crippen molar-refractivity contribution in [2.75, 3.05) is 7.11 Å². The number of hydrogen-bond donors (Lipinski definition) is 0. The van der Waals surface area contributed by atoms with Crippen LogP contribution in [0.3, 0.4) is 0 Å².